The molecule has 0 aromatic carbocycles. The first-order valence-corrected chi connectivity index (χ1v) is 4.22. The molecule has 1 unspecified atom stereocenters. The molecule has 0 bridgehead atoms. The van der Waals surface area contributed by atoms with Crippen molar-refractivity contribution in [3.8, 4) is 11.8 Å². The summed E-state index contributed by atoms with van der Waals surface area (Å²) in [6.45, 7) is 3.73. The standard InChI is InChI=1S/C9H14F3N/c1-3-5-6-8(9(10,11)12)13-7-4-2/h8,13H,4,6-7H2,1-2H3. The molecule has 0 aromatic rings. The Hall–Kier alpha value is -0.690. The Morgan fingerprint density at radius 1 is 1.38 bits per heavy atom. The van der Waals surface area contributed by atoms with E-state index in [0.29, 0.717) is 13.0 Å². The number of halogens is 3. The first-order chi connectivity index (χ1) is 6.02. The van der Waals surface area contributed by atoms with Gasteiger partial charge in [-0.3, -0.25) is 0 Å². The molecule has 0 amide bonds. The summed E-state index contributed by atoms with van der Waals surface area (Å²) >= 11 is 0. The lowest BCUT2D eigenvalue weighted by Crippen LogP contribution is -2.42. The van der Waals surface area contributed by atoms with Gasteiger partial charge in [0.25, 0.3) is 0 Å². The molecule has 1 atom stereocenters. The second kappa shape index (κ2) is 5.87. The van der Waals surface area contributed by atoms with Crippen LogP contribution in [0.1, 0.15) is 26.7 Å². The zero-order valence-corrected chi connectivity index (χ0v) is 7.83. The number of rotatable bonds is 4. The maximum Gasteiger partial charge on any atom is 0.404 e. The van der Waals surface area contributed by atoms with E-state index >= 15 is 0 Å². The van der Waals surface area contributed by atoms with E-state index in [2.05, 4.69) is 17.2 Å². The normalized spacial score (nSPS) is 13.3. The molecule has 0 aliphatic heterocycles. The predicted octanol–water partition coefficient (Wildman–Crippen LogP) is 2.33. The van der Waals surface area contributed by atoms with Crippen LogP contribution in [-0.4, -0.2) is 18.8 Å². The Labute approximate surface area is 76.7 Å². The lowest BCUT2D eigenvalue weighted by Gasteiger charge is -2.18. The maximum atomic E-state index is 12.2. The first kappa shape index (κ1) is 12.3. The highest BCUT2D eigenvalue weighted by molar-refractivity contribution is 4.99. The smallest absolute Gasteiger partial charge is 0.305 e. The molecule has 0 radical (unpaired) electrons. The van der Waals surface area contributed by atoms with Gasteiger partial charge in [0.05, 0.1) is 0 Å². The summed E-state index contributed by atoms with van der Waals surface area (Å²) < 4.78 is 36.7. The van der Waals surface area contributed by atoms with Crippen molar-refractivity contribution in [3.63, 3.8) is 0 Å². The minimum Gasteiger partial charge on any atom is -0.305 e. The molecule has 4 heteroatoms. The van der Waals surface area contributed by atoms with Crippen LogP contribution in [0.5, 0.6) is 0 Å². The highest BCUT2D eigenvalue weighted by atomic mass is 19.4. The van der Waals surface area contributed by atoms with Crippen LogP contribution in [0, 0.1) is 11.8 Å². The quantitative estimate of drug-likeness (QED) is 0.676. The van der Waals surface area contributed by atoms with E-state index in [4.69, 9.17) is 0 Å². The number of alkyl halides is 3. The fraction of sp³-hybridized carbons (Fsp3) is 0.778. The van der Waals surface area contributed by atoms with Gasteiger partial charge in [0, 0.05) is 6.42 Å². The molecule has 0 aromatic heterocycles. The van der Waals surface area contributed by atoms with Crippen molar-refractivity contribution in [3.05, 3.63) is 0 Å². The third-order valence-electron chi connectivity index (χ3n) is 1.52. The second-order valence-corrected chi connectivity index (χ2v) is 2.68. The van der Waals surface area contributed by atoms with E-state index in [9.17, 15) is 13.2 Å². The van der Waals surface area contributed by atoms with Gasteiger partial charge in [-0.2, -0.15) is 13.2 Å². The maximum absolute atomic E-state index is 12.2. The molecule has 76 valence electrons. The van der Waals surface area contributed by atoms with Crippen LogP contribution in [0.3, 0.4) is 0 Å². The van der Waals surface area contributed by atoms with Gasteiger partial charge in [-0.15, -0.1) is 11.8 Å². The highest BCUT2D eigenvalue weighted by Crippen LogP contribution is 2.21. The van der Waals surface area contributed by atoms with Gasteiger partial charge in [0.1, 0.15) is 6.04 Å². The number of hydrogen-bond donors (Lipinski definition) is 1. The topological polar surface area (TPSA) is 12.0 Å². The van der Waals surface area contributed by atoms with Crippen LogP contribution in [0.2, 0.25) is 0 Å². The van der Waals surface area contributed by atoms with Crippen molar-refractivity contribution in [2.45, 2.75) is 38.9 Å². The molecule has 0 heterocycles. The molecule has 0 aliphatic rings. The van der Waals surface area contributed by atoms with Gasteiger partial charge in [-0.1, -0.05) is 6.92 Å². The summed E-state index contributed by atoms with van der Waals surface area (Å²) in [5.74, 6) is 4.89. The molecule has 13 heavy (non-hydrogen) atoms. The third kappa shape index (κ3) is 5.53. The zero-order valence-electron chi connectivity index (χ0n) is 7.83. The van der Waals surface area contributed by atoms with E-state index in [0.717, 1.165) is 0 Å². The molecule has 0 rings (SSSR count). The lowest BCUT2D eigenvalue weighted by atomic mass is 10.2. The summed E-state index contributed by atoms with van der Waals surface area (Å²) in [6.07, 6.45) is -3.68. The Morgan fingerprint density at radius 3 is 2.38 bits per heavy atom. The largest absolute Gasteiger partial charge is 0.404 e. The third-order valence-corrected chi connectivity index (χ3v) is 1.52. The molecule has 1 nitrogen and oxygen atoms in total. The van der Waals surface area contributed by atoms with Crippen LogP contribution < -0.4 is 5.32 Å². The van der Waals surface area contributed by atoms with Crippen LogP contribution in [0.15, 0.2) is 0 Å². The van der Waals surface area contributed by atoms with Gasteiger partial charge in [-0.05, 0) is 19.9 Å². The number of hydrogen-bond acceptors (Lipinski definition) is 1. The van der Waals surface area contributed by atoms with Crippen LogP contribution in [0.25, 0.3) is 0 Å². The molecule has 1 N–H and O–H groups in total. The lowest BCUT2D eigenvalue weighted by molar-refractivity contribution is -0.154. The molecular formula is C9H14F3N. The van der Waals surface area contributed by atoms with Crippen molar-refractivity contribution < 1.29 is 13.2 Å². The molecule has 0 fully saturated rings. The predicted molar refractivity (Wildman–Crippen MR) is 46.2 cm³/mol. The monoisotopic (exact) mass is 193 g/mol. The van der Waals surface area contributed by atoms with Crippen molar-refractivity contribution >= 4 is 0 Å². The van der Waals surface area contributed by atoms with Crippen molar-refractivity contribution in [2.24, 2.45) is 0 Å². The van der Waals surface area contributed by atoms with E-state index in [-0.39, 0.29) is 6.42 Å². The van der Waals surface area contributed by atoms with E-state index < -0.39 is 12.2 Å². The summed E-state index contributed by atoms with van der Waals surface area (Å²) in [4.78, 5) is 0. The Morgan fingerprint density at radius 2 is 2.00 bits per heavy atom. The summed E-state index contributed by atoms with van der Waals surface area (Å²) in [5, 5.41) is 2.42. The molecule has 0 spiro atoms. The summed E-state index contributed by atoms with van der Waals surface area (Å²) in [6, 6.07) is -1.49. The van der Waals surface area contributed by atoms with Gasteiger partial charge >= 0.3 is 6.18 Å². The van der Waals surface area contributed by atoms with Crippen LogP contribution >= 0.6 is 0 Å². The van der Waals surface area contributed by atoms with E-state index in [1.165, 1.54) is 6.92 Å². The molecular weight excluding hydrogens is 179 g/mol. The Balaban J connectivity index is 4.08. The van der Waals surface area contributed by atoms with Crippen molar-refractivity contribution in [1.82, 2.24) is 5.32 Å². The van der Waals surface area contributed by atoms with Gasteiger partial charge < -0.3 is 5.32 Å². The van der Waals surface area contributed by atoms with Crippen molar-refractivity contribution in [2.75, 3.05) is 6.54 Å². The zero-order chi connectivity index (χ0) is 10.3. The molecule has 0 aliphatic carbocycles. The van der Waals surface area contributed by atoms with Crippen LogP contribution in [0.4, 0.5) is 13.2 Å². The summed E-state index contributed by atoms with van der Waals surface area (Å²) in [5.41, 5.74) is 0. The second-order valence-electron chi connectivity index (χ2n) is 2.68. The SMILES string of the molecule is CC#CCC(NCCC)C(F)(F)F. The van der Waals surface area contributed by atoms with E-state index in [1.54, 1.807) is 0 Å². The van der Waals surface area contributed by atoms with Gasteiger partial charge in [0.2, 0.25) is 0 Å². The number of nitrogens with one attached hydrogen (secondary N) is 1. The van der Waals surface area contributed by atoms with E-state index in [1.807, 2.05) is 6.92 Å². The Kier molecular flexibility index (Phi) is 5.56. The highest BCUT2D eigenvalue weighted by Gasteiger charge is 2.38. The van der Waals surface area contributed by atoms with Crippen molar-refractivity contribution in [1.29, 1.82) is 0 Å². The average molecular weight is 193 g/mol. The average Bonchev–Trinajstić information content (AvgIpc) is 2.02. The van der Waals surface area contributed by atoms with Gasteiger partial charge in [0.15, 0.2) is 0 Å². The fourth-order valence-corrected chi connectivity index (χ4v) is 0.826. The minimum atomic E-state index is -4.20. The molecule has 0 saturated carbocycles. The minimum absolute atomic E-state index is 0.167. The van der Waals surface area contributed by atoms with Gasteiger partial charge in [-0.25, -0.2) is 0 Å². The molecule has 0 saturated heterocycles. The fourth-order valence-electron chi connectivity index (χ4n) is 0.826. The summed E-state index contributed by atoms with van der Waals surface area (Å²) in [7, 11) is 0. The van der Waals surface area contributed by atoms with Crippen LogP contribution in [-0.2, 0) is 0 Å². The Bertz CT molecular complexity index is 187. The first-order valence-electron chi connectivity index (χ1n) is 4.22.